The molecule has 0 saturated carbocycles. The molecular weight excluding hydrogens is 625 g/mol. The van der Waals surface area contributed by atoms with Crippen LogP contribution in [0.2, 0.25) is 0 Å². The van der Waals surface area contributed by atoms with Crippen LogP contribution >= 0.6 is 11.8 Å². The minimum absolute atomic E-state index is 0.436. The van der Waals surface area contributed by atoms with E-state index in [-0.39, 0.29) is 0 Å². The first-order valence-corrected chi connectivity index (χ1v) is 18.3. The molecule has 3 heteroatoms. The Kier molecular flexibility index (Phi) is 5.97. The van der Waals surface area contributed by atoms with Crippen LogP contribution in [0.25, 0.3) is 11.1 Å². The predicted octanol–water partition coefficient (Wildman–Crippen LogP) is 12.4. The average molecular weight is 657 g/mol. The lowest BCUT2D eigenvalue weighted by Gasteiger charge is -2.45. The lowest BCUT2D eigenvalue weighted by molar-refractivity contribution is 0.751. The highest BCUT2D eigenvalue weighted by Gasteiger charge is 2.53. The van der Waals surface area contributed by atoms with E-state index in [1.165, 1.54) is 82.9 Å². The van der Waals surface area contributed by atoms with E-state index in [0.29, 0.717) is 5.92 Å². The average Bonchev–Trinajstić information content (AvgIpc) is 3.48. The third kappa shape index (κ3) is 3.70. The van der Waals surface area contributed by atoms with Crippen molar-refractivity contribution < 1.29 is 0 Å². The van der Waals surface area contributed by atoms with Crippen LogP contribution in [0, 0.1) is 5.92 Å². The summed E-state index contributed by atoms with van der Waals surface area (Å²) in [6.07, 6.45) is 14.9. The Bertz CT molecular complexity index is 2470. The number of hydrogen-bond donors (Lipinski definition) is 0. The Balaban J connectivity index is 1.23. The molecule has 5 aliphatic rings. The largest absolute Gasteiger partial charge is 0.310 e. The standard InChI is InChI=1S/C47H32N2S/c1-2-16-33(17-3-1)48-40-22-10-8-20-37(40)47(38-21-9-11-23-41(38)48)36-19-7-6-18-35(36)45-39(47)28-29-44-46(45)49(42-24-12-13-25-43(42)50-44)34-27-26-31-14-4-5-15-32(31)30-34/h1-25,27-31H,26H2. The zero-order valence-electron chi connectivity index (χ0n) is 27.3. The third-order valence-electron chi connectivity index (χ3n) is 11.1. The van der Waals surface area contributed by atoms with Gasteiger partial charge in [0.2, 0.25) is 0 Å². The maximum absolute atomic E-state index is 2.57. The number of rotatable bonds is 2. The van der Waals surface area contributed by atoms with Gasteiger partial charge in [0.15, 0.2) is 0 Å². The van der Waals surface area contributed by atoms with Crippen LogP contribution < -0.4 is 9.80 Å². The Morgan fingerprint density at radius 1 is 0.560 bits per heavy atom. The van der Waals surface area contributed by atoms with Crippen LogP contribution in [0.1, 0.15) is 28.7 Å². The number of benzene rings is 6. The van der Waals surface area contributed by atoms with Gasteiger partial charge in [-0.25, -0.2) is 0 Å². The molecule has 2 heterocycles. The van der Waals surface area contributed by atoms with Crippen molar-refractivity contribution in [3.8, 4) is 11.1 Å². The molecule has 1 unspecified atom stereocenters. The van der Waals surface area contributed by atoms with Crippen molar-refractivity contribution in [2.45, 2.75) is 21.6 Å². The van der Waals surface area contributed by atoms with E-state index >= 15 is 0 Å². The van der Waals surface area contributed by atoms with E-state index < -0.39 is 5.41 Å². The van der Waals surface area contributed by atoms with Crippen molar-refractivity contribution in [2.24, 2.45) is 5.92 Å². The molecule has 11 rings (SSSR count). The lowest BCUT2D eigenvalue weighted by atomic mass is 9.64. The predicted molar refractivity (Wildman–Crippen MR) is 207 cm³/mol. The monoisotopic (exact) mass is 656 g/mol. The summed E-state index contributed by atoms with van der Waals surface area (Å²) in [6.45, 7) is 0. The number of allylic oxidation sites excluding steroid dienone is 7. The highest BCUT2D eigenvalue weighted by Crippen LogP contribution is 2.67. The first-order valence-electron chi connectivity index (χ1n) is 17.5. The molecule has 1 atom stereocenters. The van der Waals surface area contributed by atoms with E-state index in [9.17, 15) is 0 Å². The molecule has 0 saturated heterocycles. The van der Waals surface area contributed by atoms with E-state index in [2.05, 4.69) is 186 Å². The van der Waals surface area contributed by atoms with Gasteiger partial charge in [0, 0.05) is 32.7 Å². The minimum Gasteiger partial charge on any atom is -0.310 e. The Labute approximate surface area is 297 Å². The SMILES string of the molecule is C1=CC2=CC(N3c4ccccc4Sc4ccc5c(c43)-c3ccccc3C53c4ccccc4N(c4ccccc4)c4ccccc43)=CCC2C=C1. The van der Waals surface area contributed by atoms with Gasteiger partial charge in [-0.3, -0.25) is 0 Å². The molecular formula is C47H32N2S. The first kappa shape index (κ1) is 28.1. The highest BCUT2D eigenvalue weighted by atomic mass is 32.2. The topological polar surface area (TPSA) is 6.48 Å². The molecule has 2 nitrogen and oxygen atoms in total. The third-order valence-corrected chi connectivity index (χ3v) is 12.2. The Hall–Kier alpha value is -5.77. The molecule has 0 fully saturated rings. The van der Waals surface area contributed by atoms with Crippen LogP contribution in [0.5, 0.6) is 0 Å². The first-order chi connectivity index (χ1) is 24.8. The maximum atomic E-state index is 2.57. The fourth-order valence-electron chi connectivity index (χ4n) is 9.15. The molecule has 0 bridgehead atoms. The molecule has 50 heavy (non-hydrogen) atoms. The van der Waals surface area contributed by atoms with E-state index in [1.54, 1.807) is 0 Å². The fourth-order valence-corrected chi connectivity index (χ4v) is 10.2. The second-order valence-electron chi connectivity index (χ2n) is 13.6. The summed E-state index contributed by atoms with van der Waals surface area (Å²) in [7, 11) is 0. The Morgan fingerprint density at radius 2 is 1.24 bits per heavy atom. The molecule has 1 spiro atoms. The minimum atomic E-state index is -0.492. The van der Waals surface area contributed by atoms with Crippen LogP contribution in [0.3, 0.4) is 0 Å². The van der Waals surface area contributed by atoms with Crippen molar-refractivity contribution in [2.75, 3.05) is 9.80 Å². The number of nitrogens with zero attached hydrogens (tertiary/aromatic N) is 2. The fraction of sp³-hybridized carbons (Fsp3) is 0.0638. The smallest absolute Gasteiger partial charge is 0.0755 e. The van der Waals surface area contributed by atoms with Crippen LogP contribution in [0.15, 0.2) is 197 Å². The van der Waals surface area contributed by atoms with Gasteiger partial charge < -0.3 is 9.80 Å². The molecule has 3 aliphatic carbocycles. The van der Waals surface area contributed by atoms with Gasteiger partial charge in [-0.2, -0.15) is 0 Å². The molecule has 0 amide bonds. The second-order valence-corrected chi connectivity index (χ2v) is 14.7. The quantitative estimate of drug-likeness (QED) is 0.183. The second kappa shape index (κ2) is 10.6. The summed E-state index contributed by atoms with van der Waals surface area (Å²) in [5.41, 5.74) is 16.2. The number of fused-ring (bicyclic) bond motifs is 13. The van der Waals surface area contributed by atoms with Gasteiger partial charge in [-0.1, -0.05) is 139 Å². The van der Waals surface area contributed by atoms with Crippen molar-refractivity contribution in [1.29, 1.82) is 0 Å². The summed E-state index contributed by atoms with van der Waals surface area (Å²) in [6, 6.07) is 51.9. The van der Waals surface area contributed by atoms with E-state index in [4.69, 9.17) is 0 Å². The van der Waals surface area contributed by atoms with Gasteiger partial charge in [-0.05, 0) is 88.4 Å². The van der Waals surface area contributed by atoms with Crippen molar-refractivity contribution in [3.05, 3.63) is 210 Å². The van der Waals surface area contributed by atoms with Crippen LogP contribution in [-0.2, 0) is 5.41 Å². The number of hydrogen-bond acceptors (Lipinski definition) is 3. The maximum Gasteiger partial charge on any atom is 0.0755 e. The molecule has 0 N–H and O–H groups in total. The molecule has 2 aliphatic heterocycles. The number of anilines is 5. The highest BCUT2D eigenvalue weighted by molar-refractivity contribution is 7.99. The summed E-state index contributed by atoms with van der Waals surface area (Å²) in [4.78, 5) is 7.60. The normalized spacial score (nSPS) is 18.2. The van der Waals surface area contributed by atoms with E-state index in [1.807, 2.05) is 11.8 Å². The van der Waals surface area contributed by atoms with Gasteiger partial charge >= 0.3 is 0 Å². The Morgan fingerprint density at radius 3 is 2.04 bits per heavy atom. The zero-order valence-corrected chi connectivity index (χ0v) is 28.1. The molecule has 236 valence electrons. The van der Waals surface area contributed by atoms with Crippen molar-refractivity contribution in [3.63, 3.8) is 0 Å². The van der Waals surface area contributed by atoms with Crippen molar-refractivity contribution in [1.82, 2.24) is 0 Å². The molecule has 0 radical (unpaired) electrons. The summed E-state index contributed by atoms with van der Waals surface area (Å²) < 4.78 is 0. The summed E-state index contributed by atoms with van der Waals surface area (Å²) >= 11 is 1.89. The molecule has 6 aromatic rings. The van der Waals surface area contributed by atoms with Gasteiger partial charge in [0.1, 0.15) is 0 Å². The van der Waals surface area contributed by atoms with Crippen molar-refractivity contribution >= 4 is 40.2 Å². The molecule has 6 aromatic carbocycles. The van der Waals surface area contributed by atoms with Crippen LogP contribution in [0.4, 0.5) is 28.4 Å². The zero-order chi connectivity index (χ0) is 32.8. The lowest BCUT2D eigenvalue weighted by Crippen LogP contribution is -2.36. The van der Waals surface area contributed by atoms with Gasteiger partial charge in [-0.15, -0.1) is 0 Å². The van der Waals surface area contributed by atoms with Gasteiger partial charge in [0.05, 0.1) is 28.2 Å². The van der Waals surface area contributed by atoms with Crippen LogP contribution in [-0.4, -0.2) is 0 Å². The number of para-hydroxylation sites is 4. The summed E-state index contributed by atoms with van der Waals surface area (Å²) in [5, 5.41) is 0. The molecule has 0 aromatic heterocycles. The summed E-state index contributed by atoms with van der Waals surface area (Å²) in [5.74, 6) is 0.436. The van der Waals surface area contributed by atoms with E-state index in [0.717, 1.165) is 6.42 Å². The van der Waals surface area contributed by atoms with Gasteiger partial charge in [0.25, 0.3) is 0 Å².